The second-order valence-corrected chi connectivity index (χ2v) is 8.05. The Morgan fingerprint density at radius 2 is 1.90 bits per heavy atom. The smallest absolute Gasteiger partial charge is 0.240 e. The van der Waals surface area contributed by atoms with Gasteiger partial charge in [0.2, 0.25) is 11.8 Å². The number of aliphatic imine (C=N–C) groups is 1. The molecule has 2 aromatic carbocycles. The number of rotatable bonds is 4. The molecule has 29 heavy (non-hydrogen) atoms. The lowest BCUT2D eigenvalue weighted by atomic mass is 10.1. The van der Waals surface area contributed by atoms with E-state index in [4.69, 9.17) is 9.47 Å². The van der Waals surface area contributed by atoms with Crippen LogP contribution in [0.3, 0.4) is 0 Å². The number of hydrogen-bond acceptors (Lipinski definition) is 6. The number of carbonyl (C=O) groups is 2. The maximum atomic E-state index is 12.5. The number of nitrogens with one attached hydrogen (secondary N) is 2. The number of carbonyl (C=O) groups excluding carboxylic acids is 2. The Labute approximate surface area is 172 Å². The van der Waals surface area contributed by atoms with Crippen LogP contribution in [0.2, 0.25) is 0 Å². The van der Waals surface area contributed by atoms with Gasteiger partial charge in [-0.2, -0.15) is 0 Å². The van der Waals surface area contributed by atoms with E-state index in [0.29, 0.717) is 35.6 Å². The lowest BCUT2D eigenvalue weighted by Crippen LogP contribution is -2.28. The molecule has 0 aromatic heterocycles. The lowest BCUT2D eigenvalue weighted by Gasteiger charge is -2.18. The fraction of sp³-hybridized carbons (Fsp3) is 0.286. The first kappa shape index (κ1) is 19.3. The van der Waals surface area contributed by atoms with Gasteiger partial charge in [-0.3, -0.25) is 9.59 Å². The molecule has 2 aliphatic heterocycles. The van der Waals surface area contributed by atoms with E-state index in [1.807, 2.05) is 32.0 Å². The van der Waals surface area contributed by atoms with Gasteiger partial charge in [0, 0.05) is 18.2 Å². The molecule has 1 saturated heterocycles. The van der Waals surface area contributed by atoms with Gasteiger partial charge in [-0.25, -0.2) is 4.99 Å². The van der Waals surface area contributed by atoms with Crippen molar-refractivity contribution >= 4 is 40.1 Å². The molecule has 2 heterocycles. The number of hydrogen-bond donors (Lipinski definition) is 2. The maximum Gasteiger partial charge on any atom is 0.240 e. The van der Waals surface area contributed by atoms with Gasteiger partial charge in [0.1, 0.15) is 18.5 Å². The summed E-state index contributed by atoms with van der Waals surface area (Å²) in [5.41, 5.74) is 3.43. The third-order valence-electron chi connectivity index (χ3n) is 4.65. The van der Waals surface area contributed by atoms with Gasteiger partial charge >= 0.3 is 0 Å². The van der Waals surface area contributed by atoms with Crippen LogP contribution in [0.1, 0.15) is 17.5 Å². The topological polar surface area (TPSA) is 89.0 Å². The molecule has 0 aliphatic carbocycles. The Balaban J connectivity index is 1.41. The highest BCUT2D eigenvalue weighted by molar-refractivity contribution is 8.15. The van der Waals surface area contributed by atoms with Gasteiger partial charge in [-0.1, -0.05) is 30.0 Å². The summed E-state index contributed by atoms with van der Waals surface area (Å²) in [6.07, 6.45) is 0.0738. The molecule has 0 spiro atoms. The van der Waals surface area contributed by atoms with Crippen molar-refractivity contribution in [2.45, 2.75) is 25.5 Å². The monoisotopic (exact) mass is 411 g/mol. The largest absolute Gasteiger partial charge is 0.486 e. The highest BCUT2D eigenvalue weighted by Gasteiger charge is 2.32. The van der Waals surface area contributed by atoms with Crippen LogP contribution >= 0.6 is 11.8 Å². The van der Waals surface area contributed by atoms with Crippen LogP contribution in [0.15, 0.2) is 41.4 Å². The first-order chi connectivity index (χ1) is 14.0. The van der Waals surface area contributed by atoms with Crippen LogP contribution in [0.25, 0.3) is 0 Å². The number of fused-ring (bicyclic) bond motifs is 1. The zero-order chi connectivity index (χ0) is 20.4. The Morgan fingerprint density at radius 1 is 1.17 bits per heavy atom. The molecule has 2 N–H and O–H groups in total. The second kappa shape index (κ2) is 8.16. The van der Waals surface area contributed by atoms with Gasteiger partial charge in [-0.05, 0) is 37.1 Å². The van der Waals surface area contributed by atoms with Crippen molar-refractivity contribution in [3.63, 3.8) is 0 Å². The summed E-state index contributed by atoms with van der Waals surface area (Å²) in [6.45, 7) is 4.91. The molecular formula is C21H21N3O4S. The van der Waals surface area contributed by atoms with E-state index in [1.165, 1.54) is 11.8 Å². The number of thioether (sulfide) groups is 1. The molecule has 8 heteroatoms. The Kier molecular flexibility index (Phi) is 5.44. The van der Waals surface area contributed by atoms with Crippen molar-refractivity contribution in [1.82, 2.24) is 5.32 Å². The molecule has 7 nitrogen and oxygen atoms in total. The SMILES string of the molecule is Cc1cccc(C)c1NC(=O)CC1SC(=Nc2ccc3c(c2)OCCO3)NC1=O. The van der Waals surface area contributed by atoms with Gasteiger partial charge in [0.25, 0.3) is 0 Å². The molecule has 1 atom stereocenters. The molecule has 1 fully saturated rings. The van der Waals surface area contributed by atoms with Crippen molar-refractivity contribution in [3.8, 4) is 11.5 Å². The number of ether oxygens (including phenoxy) is 2. The van der Waals surface area contributed by atoms with Crippen LogP contribution in [0.5, 0.6) is 11.5 Å². The minimum absolute atomic E-state index is 0.0738. The lowest BCUT2D eigenvalue weighted by molar-refractivity contribution is -0.122. The van der Waals surface area contributed by atoms with Crippen LogP contribution < -0.4 is 20.1 Å². The molecule has 0 saturated carbocycles. The molecule has 1 unspecified atom stereocenters. The second-order valence-electron chi connectivity index (χ2n) is 6.86. The minimum atomic E-state index is -0.518. The first-order valence-corrected chi connectivity index (χ1v) is 10.2. The van der Waals surface area contributed by atoms with Crippen molar-refractivity contribution in [1.29, 1.82) is 0 Å². The van der Waals surface area contributed by atoms with Crippen molar-refractivity contribution in [2.75, 3.05) is 18.5 Å². The highest BCUT2D eigenvalue weighted by Crippen LogP contribution is 2.34. The van der Waals surface area contributed by atoms with E-state index < -0.39 is 5.25 Å². The highest BCUT2D eigenvalue weighted by atomic mass is 32.2. The van der Waals surface area contributed by atoms with Crippen molar-refractivity contribution < 1.29 is 19.1 Å². The summed E-state index contributed by atoms with van der Waals surface area (Å²) in [7, 11) is 0. The zero-order valence-electron chi connectivity index (χ0n) is 16.2. The molecule has 0 radical (unpaired) electrons. The molecule has 2 amide bonds. The molecular weight excluding hydrogens is 390 g/mol. The summed E-state index contributed by atoms with van der Waals surface area (Å²) < 4.78 is 11.1. The Hall–Kier alpha value is -3.00. The van der Waals surface area contributed by atoms with Crippen LogP contribution in [-0.4, -0.2) is 35.4 Å². The number of para-hydroxylation sites is 1. The average molecular weight is 411 g/mol. The Morgan fingerprint density at radius 3 is 2.66 bits per heavy atom. The molecule has 4 rings (SSSR count). The van der Waals surface area contributed by atoms with E-state index in [2.05, 4.69) is 15.6 Å². The standard InChI is InChI=1S/C21H21N3O4S/c1-12-4-3-5-13(2)19(12)23-18(25)11-17-20(26)24-21(29-17)22-14-6-7-15-16(10-14)28-9-8-27-15/h3-7,10,17H,8-9,11H2,1-2H3,(H,23,25)(H,22,24,26). The van der Waals surface area contributed by atoms with E-state index in [9.17, 15) is 9.59 Å². The number of nitrogens with zero attached hydrogens (tertiary/aromatic N) is 1. The quantitative estimate of drug-likeness (QED) is 0.806. The average Bonchev–Trinajstić information content (AvgIpc) is 3.03. The number of amides is 2. The summed E-state index contributed by atoms with van der Waals surface area (Å²) in [5.74, 6) is 0.903. The first-order valence-electron chi connectivity index (χ1n) is 9.31. The van der Waals surface area contributed by atoms with E-state index >= 15 is 0 Å². The third-order valence-corrected chi connectivity index (χ3v) is 5.73. The Bertz CT molecular complexity index is 985. The third kappa shape index (κ3) is 4.37. The minimum Gasteiger partial charge on any atom is -0.486 e. The fourth-order valence-electron chi connectivity index (χ4n) is 3.18. The van der Waals surface area contributed by atoms with E-state index in [-0.39, 0.29) is 18.2 Å². The van der Waals surface area contributed by atoms with E-state index in [1.54, 1.807) is 18.2 Å². The number of aryl methyl sites for hydroxylation is 2. The number of anilines is 1. The van der Waals surface area contributed by atoms with Gasteiger partial charge in [0.05, 0.1) is 5.69 Å². The van der Waals surface area contributed by atoms with Gasteiger partial charge in [0.15, 0.2) is 16.7 Å². The fourth-order valence-corrected chi connectivity index (χ4v) is 4.17. The van der Waals surface area contributed by atoms with Crippen LogP contribution in [-0.2, 0) is 9.59 Å². The maximum absolute atomic E-state index is 12.5. The number of benzene rings is 2. The summed E-state index contributed by atoms with van der Waals surface area (Å²) in [4.78, 5) is 29.2. The molecule has 0 bridgehead atoms. The zero-order valence-corrected chi connectivity index (χ0v) is 17.0. The normalized spacial score (nSPS) is 19.2. The van der Waals surface area contributed by atoms with E-state index in [0.717, 1.165) is 16.8 Å². The number of amidine groups is 1. The van der Waals surface area contributed by atoms with Crippen molar-refractivity contribution in [3.05, 3.63) is 47.5 Å². The van der Waals surface area contributed by atoms with Gasteiger partial charge in [-0.15, -0.1) is 0 Å². The van der Waals surface area contributed by atoms with Crippen LogP contribution in [0.4, 0.5) is 11.4 Å². The molecule has 2 aromatic rings. The predicted octanol–water partition coefficient (Wildman–Crippen LogP) is 3.32. The predicted molar refractivity (Wildman–Crippen MR) is 113 cm³/mol. The molecule has 150 valence electrons. The van der Waals surface area contributed by atoms with Crippen LogP contribution in [0, 0.1) is 13.8 Å². The summed E-state index contributed by atoms with van der Waals surface area (Å²) in [5, 5.41) is 5.62. The summed E-state index contributed by atoms with van der Waals surface area (Å²) in [6, 6.07) is 11.2. The molecule has 2 aliphatic rings. The van der Waals surface area contributed by atoms with Gasteiger partial charge < -0.3 is 20.1 Å². The van der Waals surface area contributed by atoms with Crippen molar-refractivity contribution in [2.24, 2.45) is 4.99 Å². The summed E-state index contributed by atoms with van der Waals surface area (Å²) >= 11 is 1.25.